The molecule has 5 rings (SSSR count). The van der Waals surface area contributed by atoms with Gasteiger partial charge in [-0.3, -0.25) is 4.79 Å². The monoisotopic (exact) mass is 418 g/mol. The average molecular weight is 419 g/mol. The number of carbonyl (C=O) groups is 1. The summed E-state index contributed by atoms with van der Waals surface area (Å²) >= 11 is 0. The molecule has 4 aliphatic carbocycles. The molecule has 0 saturated heterocycles. The van der Waals surface area contributed by atoms with Gasteiger partial charge >= 0.3 is 0 Å². The minimum atomic E-state index is -0.215. The van der Waals surface area contributed by atoms with E-state index in [-0.39, 0.29) is 17.3 Å². The van der Waals surface area contributed by atoms with Crippen LogP contribution in [0.4, 0.5) is 0 Å². The molecule has 2 fully saturated rings. The Morgan fingerprint density at radius 1 is 1.23 bits per heavy atom. The second kappa shape index (κ2) is 7.78. The molecule has 164 valence electrons. The van der Waals surface area contributed by atoms with Crippen LogP contribution in [0.2, 0.25) is 0 Å². The SMILES string of the molecule is C=CCOc1ccc(C2CC3(C)C(O)CCC3C3CCC4=CC(=O)CCC4=C23)cc1C. The summed E-state index contributed by atoms with van der Waals surface area (Å²) in [6, 6.07) is 6.60. The minimum Gasteiger partial charge on any atom is -0.489 e. The second-order valence-electron chi connectivity index (χ2n) is 10.3. The Hall–Kier alpha value is -2.13. The van der Waals surface area contributed by atoms with E-state index >= 15 is 0 Å². The van der Waals surface area contributed by atoms with Crippen LogP contribution in [0, 0.1) is 24.2 Å². The van der Waals surface area contributed by atoms with Gasteiger partial charge in [-0.05, 0) is 97.1 Å². The van der Waals surface area contributed by atoms with E-state index in [9.17, 15) is 9.90 Å². The zero-order valence-electron chi connectivity index (χ0n) is 18.8. The zero-order chi connectivity index (χ0) is 21.8. The fourth-order valence-electron chi connectivity index (χ4n) is 7.13. The third-order valence-electron chi connectivity index (χ3n) is 8.64. The van der Waals surface area contributed by atoms with E-state index < -0.39 is 0 Å². The molecule has 1 aromatic carbocycles. The van der Waals surface area contributed by atoms with Crippen molar-refractivity contribution in [1.29, 1.82) is 0 Å². The normalized spacial score (nSPS) is 34.5. The summed E-state index contributed by atoms with van der Waals surface area (Å²) in [5, 5.41) is 11.0. The van der Waals surface area contributed by atoms with Crippen molar-refractivity contribution in [2.24, 2.45) is 17.3 Å². The summed E-state index contributed by atoms with van der Waals surface area (Å²) in [6.45, 7) is 8.69. The number of ketones is 1. The lowest BCUT2D eigenvalue weighted by Crippen LogP contribution is -2.45. The molecule has 0 bridgehead atoms. The Balaban J connectivity index is 1.62. The predicted octanol–water partition coefficient (Wildman–Crippen LogP) is 5.82. The van der Waals surface area contributed by atoms with Crippen LogP contribution in [0.1, 0.15) is 68.9 Å². The first-order valence-electron chi connectivity index (χ1n) is 11.9. The molecule has 0 radical (unpaired) electrons. The fraction of sp³-hybridized carbons (Fsp3) is 0.536. The molecule has 3 heteroatoms. The number of aliphatic hydroxyl groups is 1. The highest BCUT2D eigenvalue weighted by Crippen LogP contribution is 2.63. The van der Waals surface area contributed by atoms with E-state index in [4.69, 9.17) is 4.74 Å². The molecule has 0 amide bonds. The first kappa shape index (κ1) is 20.8. The quantitative estimate of drug-likeness (QED) is 0.627. The smallest absolute Gasteiger partial charge is 0.156 e. The van der Waals surface area contributed by atoms with Crippen LogP contribution in [-0.2, 0) is 4.79 Å². The summed E-state index contributed by atoms with van der Waals surface area (Å²) in [5.41, 5.74) is 6.78. The number of hydrogen-bond acceptors (Lipinski definition) is 3. The van der Waals surface area contributed by atoms with Gasteiger partial charge in [0.2, 0.25) is 0 Å². The summed E-state index contributed by atoms with van der Waals surface area (Å²) in [7, 11) is 0. The van der Waals surface area contributed by atoms with Crippen LogP contribution in [-0.4, -0.2) is 23.6 Å². The predicted molar refractivity (Wildman–Crippen MR) is 123 cm³/mol. The van der Waals surface area contributed by atoms with Crippen molar-refractivity contribution in [1.82, 2.24) is 0 Å². The number of aryl methyl sites for hydroxylation is 1. The lowest BCUT2D eigenvalue weighted by molar-refractivity contribution is -0.114. The van der Waals surface area contributed by atoms with Gasteiger partial charge in [-0.15, -0.1) is 0 Å². The molecule has 4 aliphatic rings. The summed E-state index contributed by atoms with van der Waals surface area (Å²) in [6.07, 6.45) is 10.2. The summed E-state index contributed by atoms with van der Waals surface area (Å²) in [5.74, 6) is 2.57. The van der Waals surface area contributed by atoms with E-state index in [1.165, 1.54) is 16.7 Å². The Morgan fingerprint density at radius 2 is 2.06 bits per heavy atom. The van der Waals surface area contributed by atoms with Gasteiger partial charge in [0.15, 0.2) is 5.78 Å². The van der Waals surface area contributed by atoms with Gasteiger partial charge in [0.1, 0.15) is 12.4 Å². The Kier molecular flexibility index (Phi) is 5.21. The molecule has 0 aromatic heterocycles. The van der Waals surface area contributed by atoms with Crippen LogP contribution < -0.4 is 4.74 Å². The largest absolute Gasteiger partial charge is 0.489 e. The maximum absolute atomic E-state index is 12.1. The van der Waals surface area contributed by atoms with E-state index in [1.807, 2.05) is 6.08 Å². The third kappa shape index (κ3) is 3.33. The molecule has 3 nitrogen and oxygen atoms in total. The van der Waals surface area contributed by atoms with Gasteiger partial charge in [-0.1, -0.05) is 37.3 Å². The number of aliphatic hydroxyl groups excluding tert-OH is 1. The average Bonchev–Trinajstić information content (AvgIpc) is 3.06. The Morgan fingerprint density at radius 3 is 2.84 bits per heavy atom. The van der Waals surface area contributed by atoms with Gasteiger partial charge < -0.3 is 9.84 Å². The molecule has 5 atom stereocenters. The van der Waals surface area contributed by atoms with E-state index in [0.29, 0.717) is 30.8 Å². The first-order valence-corrected chi connectivity index (χ1v) is 11.9. The van der Waals surface area contributed by atoms with Crippen molar-refractivity contribution in [3.63, 3.8) is 0 Å². The highest BCUT2D eigenvalue weighted by molar-refractivity contribution is 5.93. The Bertz CT molecular complexity index is 984. The van der Waals surface area contributed by atoms with E-state index in [2.05, 4.69) is 38.6 Å². The Labute approximate surface area is 185 Å². The second-order valence-corrected chi connectivity index (χ2v) is 10.3. The minimum absolute atomic E-state index is 0.0307. The van der Waals surface area contributed by atoms with Gasteiger partial charge in [0.05, 0.1) is 6.10 Å². The van der Waals surface area contributed by atoms with E-state index in [1.54, 1.807) is 11.6 Å². The zero-order valence-corrected chi connectivity index (χ0v) is 18.8. The maximum atomic E-state index is 12.1. The van der Waals surface area contributed by atoms with Crippen LogP contribution in [0.15, 0.2) is 53.6 Å². The highest BCUT2D eigenvalue weighted by atomic mass is 16.5. The summed E-state index contributed by atoms with van der Waals surface area (Å²) in [4.78, 5) is 12.1. The topological polar surface area (TPSA) is 46.5 Å². The highest BCUT2D eigenvalue weighted by Gasteiger charge is 2.56. The fourth-order valence-corrected chi connectivity index (χ4v) is 7.13. The number of carbonyl (C=O) groups excluding carboxylic acids is 1. The van der Waals surface area contributed by atoms with Crippen LogP contribution >= 0.6 is 0 Å². The van der Waals surface area contributed by atoms with Crippen molar-refractivity contribution in [2.75, 3.05) is 6.61 Å². The molecule has 0 spiro atoms. The van der Waals surface area contributed by atoms with Crippen molar-refractivity contribution < 1.29 is 14.6 Å². The molecular formula is C28H34O3. The molecule has 5 unspecified atom stereocenters. The number of allylic oxidation sites excluding steroid dienone is 4. The molecule has 1 N–H and O–H groups in total. The molecule has 2 saturated carbocycles. The van der Waals surface area contributed by atoms with Crippen molar-refractivity contribution in [2.45, 2.75) is 70.8 Å². The number of benzene rings is 1. The first-order chi connectivity index (χ1) is 14.9. The van der Waals surface area contributed by atoms with Crippen molar-refractivity contribution in [3.8, 4) is 5.75 Å². The van der Waals surface area contributed by atoms with Gasteiger partial charge in [0.25, 0.3) is 0 Å². The number of fused-ring (bicyclic) bond motifs is 4. The standard InChI is InChI=1S/C28H34O3/c1-4-13-31-25-11-6-18(14-17(25)2)23-16-28(3)24(10-12-26(28)30)22-8-5-19-15-20(29)7-9-21(19)27(22)23/h4,6,11,14-15,22-24,26,30H,1,5,7-10,12-13,16H2,2-3H3. The molecule has 0 aliphatic heterocycles. The molecule has 1 aromatic rings. The van der Waals surface area contributed by atoms with E-state index in [0.717, 1.165) is 49.8 Å². The number of rotatable bonds is 4. The molecular weight excluding hydrogens is 384 g/mol. The van der Waals surface area contributed by atoms with Crippen LogP contribution in [0.25, 0.3) is 0 Å². The molecule has 0 heterocycles. The lowest BCUT2D eigenvalue weighted by atomic mass is 9.53. The van der Waals surface area contributed by atoms with Gasteiger partial charge in [-0.25, -0.2) is 0 Å². The summed E-state index contributed by atoms with van der Waals surface area (Å²) < 4.78 is 5.82. The van der Waals surface area contributed by atoms with Crippen molar-refractivity contribution in [3.05, 3.63) is 64.8 Å². The maximum Gasteiger partial charge on any atom is 0.156 e. The molecule has 31 heavy (non-hydrogen) atoms. The van der Waals surface area contributed by atoms with Gasteiger partial charge in [0, 0.05) is 12.3 Å². The number of ether oxygens (including phenoxy) is 1. The van der Waals surface area contributed by atoms with Crippen LogP contribution in [0.3, 0.4) is 0 Å². The van der Waals surface area contributed by atoms with Crippen LogP contribution in [0.5, 0.6) is 5.75 Å². The number of hydrogen-bond donors (Lipinski definition) is 1. The van der Waals surface area contributed by atoms with Crippen molar-refractivity contribution >= 4 is 5.78 Å². The lowest BCUT2D eigenvalue weighted by Gasteiger charge is -2.52. The third-order valence-corrected chi connectivity index (χ3v) is 8.64. The van der Waals surface area contributed by atoms with Gasteiger partial charge in [-0.2, -0.15) is 0 Å².